The fourth-order valence-corrected chi connectivity index (χ4v) is 2.72. The molecule has 0 fully saturated rings. The Kier molecular flexibility index (Phi) is 6.11. The van der Waals surface area contributed by atoms with Gasteiger partial charge in [-0.3, -0.25) is 9.05 Å². The van der Waals surface area contributed by atoms with Gasteiger partial charge in [0.05, 0.1) is 6.54 Å². The molecule has 0 atom stereocenters. The highest BCUT2D eigenvalue weighted by Crippen LogP contribution is 2.51. The molecule has 1 aromatic rings. The number of amides is 1. The Hall–Kier alpha value is -1.43. The van der Waals surface area contributed by atoms with Gasteiger partial charge < -0.3 is 4.74 Å². The van der Waals surface area contributed by atoms with Crippen molar-refractivity contribution in [3.63, 3.8) is 0 Å². The second kappa shape index (κ2) is 7.22. The second-order valence-corrected chi connectivity index (χ2v) is 7.65. The van der Waals surface area contributed by atoms with Gasteiger partial charge in [-0.1, -0.05) is 12.1 Å². The van der Waals surface area contributed by atoms with Gasteiger partial charge in [-0.05, 0) is 38.5 Å². The number of carbonyl (C=O) groups excluding carboxylic acids is 1. The summed E-state index contributed by atoms with van der Waals surface area (Å²) in [4.78, 5) is 12.3. The molecule has 22 heavy (non-hydrogen) atoms. The fourth-order valence-electron chi connectivity index (χ4n) is 1.60. The highest BCUT2D eigenvalue weighted by Gasteiger charge is 2.38. The van der Waals surface area contributed by atoms with Crippen LogP contribution in [0.1, 0.15) is 26.3 Å². The lowest BCUT2D eigenvalue weighted by molar-refractivity contribution is 0.0322. The van der Waals surface area contributed by atoms with E-state index in [1.807, 2.05) is 0 Å². The third-order valence-electron chi connectivity index (χ3n) is 2.61. The van der Waals surface area contributed by atoms with Crippen molar-refractivity contribution in [2.45, 2.75) is 32.9 Å². The molecule has 0 bridgehead atoms. The van der Waals surface area contributed by atoms with Crippen LogP contribution in [0.15, 0.2) is 24.3 Å². The van der Waals surface area contributed by atoms with Crippen LogP contribution in [0.4, 0.5) is 9.18 Å². The molecular formula is C14H21FNO5P. The Bertz CT molecular complexity index is 547. The summed E-state index contributed by atoms with van der Waals surface area (Å²) in [5, 5.41) is 0. The predicted octanol–water partition coefficient (Wildman–Crippen LogP) is 3.96. The minimum atomic E-state index is -3.85. The highest BCUT2D eigenvalue weighted by atomic mass is 31.2. The normalized spacial score (nSPS) is 12.1. The molecule has 0 spiro atoms. The van der Waals surface area contributed by atoms with Crippen molar-refractivity contribution in [3.05, 3.63) is 35.6 Å². The monoisotopic (exact) mass is 333 g/mol. The summed E-state index contributed by atoms with van der Waals surface area (Å²) in [5.74, 6) is -0.408. The molecule has 0 saturated carbocycles. The molecule has 0 aliphatic heterocycles. The summed E-state index contributed by atoms with van der Waals surface area (Å²) in [6.07, 6.45) is -0.844. The summed E-state index contributed by atoms with van der Waals surface area (Å²) in [7, 11) is -1.50. The van der Waals surface area contributed by atoms with Crippen LogP contribution in [0.5, 0.6) is 0 Å². The zero-order valence-electron chi connectivity index (χ0n) is 13.3. The first kappa shape index (κ1) is 18.6. The molecule has 8 heteroatoms. The van der Waals surface area contributed by atoms with Crippen molar-refractivity contribution in [1.29, 1.82) is 0 Å². The number of nitrogens with zero attached hydrogens (tertiary/aromatic N) is 1. The maximum atomic E-state index is 13.0. The summed E-state index contributed by atoms with van der Waals surface area (Å²) in [6, 6.07) is 5.44. The molecular weight excluding hydrogens is 312 g/mol. The third-order valence-corrected chi connectivity index (χ3v) is 4.43. The summed E-state index contributed by atoms with van der Waals surface area (Å²) >= 11 is 0. The highest BCUT2D eigenvalue weighted by molar-refractivity contribution is 7.51. The van der Waals surface area contributed by atoms with Crippen molar-refractivity contribution in [3.8, 4) is 0 Å². The van der Waals surface area contributed by atoms with E-state index in [2.05, 4.69) is 0 Å². The minimum Gasteiger partial charge on any atom is -0.443 e. The smallest absolute Gasteiger partial charge is 0.440 e. The quantitative estimate of drug-likeness (QED) is 0.763. The largest absolute Gasteiger partial charge is 0.443 e. The molecule has 124 valence electrons. The molecule has 0 N–H and O–H groups in total. The molecule has 0 aliphatic rings. The predicted molar refractivity (Wildman–Crippen MR) is 79.8 cm³/mol. The van der Waals surface area contributed by atoms with Crippen molar-refractivity contribution in [2.75, 3.05) is 14.2 Å². The minimum absolute atomic E-state index is 0.103. The molecule has 0 radical (unpaired) electrons. The van der Waals surface area contributed by atoms with Crippen molar-refractivity contribution >= 4 is 13.8 Å². The van der Waals surface area contributed by atoms with Gasteiger partial charge in [-0.2, -0.15) is 0 Å². The van der Waals surface area contributed by atoms with Gasteiger partial charge >= 0.3 is 13.8 Å². The van der Waals surface area contributed by atoms with E-state index in [9.17, 15) is 13.8 Å². The number of hydrogen-bond acceptors (Lipinski definition) is 5. The number of hydrogen-bond donors (Lipinski definition) is 0. The van der Waals surface area contributed by atoms with Gasteiger partial charge in [0.15, 0.2) is 0 Å². The molecule has 1 aromatic carbocycles. The summed E-state index contributed by atoms with van der Waals surface area (Å²) in [5.41, 5.74) is -0.216. The lowest BCUT2D eigenvalue weighted by atomic mass is 10.2. The van der Waals surface area contributed by atoms with E-state index in [4.69, 9.17) is 13.8 Å². The SMILES string of the molecule is COP(=O)(OC)N(Cc1ccc(F)cc1)C(=O)OC(C)(C)C. The van der Waals surface area contributed by atoms with Gasteiger partial charge in [-0.25, -0.2) is 18.4 Å². The first-order valence-electron chi connectivity index (χ1n) is 6.58. The molecule has 0 heterocycles. The molecule has 6 nitrogen and oxygen atoms in total. The number of rotatable bonds is 5. The van der Waals surface area contributed by atoms with E-state index >= 15 is 0 Å². The Balaban J connectivity index is 3.08. The van der Waals surface area contributed by atoms with E-state index in [0.717, 1.165) is 4.67 Å². The first-order chi connectivity index (χ1) is 10.1. The van der Waals surface area contributed by atoms with Crippen LogP contribution in [-0.4, -0.2) is 30.6 Å². The van der Waals surface area contributed by atoms with Crippen molar-refractivity contribution in [2.24, 2.45) is 0 Å². The molecule has 0 aliphatic carbocycles. The van der Waals surface area contributed by atoms with E-state index in [1.54, 1.807) is 20.8 Å². The van der Waals surface area contributed by atoms with Crippen LogP contribution >= 0.6 is 7.75 Å². The van der Waals surface area contributed by atoms with Crippen LogP contribution < -0.4 is 0 Å². The van der Waals surface area contributed by atoms with E-state index in [-0.39, 0.29) is 6.54 Å². The topological polar surface area (TPSA) is 65.1 Å². The summed E-state index contributed by atoms with van der Waals surface area (Å²) in [6.45, 7) is 4.96. The van der Waals surface area contributed by atoms with Crippen LogP contribution in [0.25, 0.3) is 0 Å². The zero-order chi connectivity index (χ0) is 17.0. The summed E-state index contributed by atoms with van der Waals surface area (Å²) < 4.78 is 41.3. The number of carbonyl (C=O) groups is 1. The maximum absolute atomic E-state index is 13.0. The Morgan fingerprint density at radius 3 is 2.09 bits per heavy atom. The van der Waals surface area contributed by atoms with E-state index in [0.29, 0.717) is 5.56 Å². The first-order valence-corrected chi connectivity index (χ1v) is 8.08. The number of benzene rings is 1. The van der Waals surface area contributed by atoms with Gasteiger partial charge in [0.25, 0.3) is 0 Å². The molecule has 0 aromatic heterocycles. The average Bonchev–Trinajstić information content (AvgIpc) is 2.44. The molecule has 0 saturated heterocycles. The second-order valence-electron chi connectivity index (χ2n) is 5.50. The Morgan fingerprint density at radius 2 is 1.68 bits per heavy atom. The van der Waals surface area contributed by atoms with Crippen LogP contribution in [0.2, 0.25) is 0 Å². The van der Waals surface area contributed by atoms with E-state index in [1.165, 1.54) is 38.5 Å². The van der Waals surface area contributed by atoms with Crippen LogP contribution in [-0.2, 0) is 24.9 Å². The Labute approximate surface area is 129 Å². The van der Waals surface area contributed by atoms with Gasteiger partial charge in [0.2, 0.25) is 0 Å². The van der Waals surface area contributed by atoms with Crippen LogP contribution in [0.3, 0.4) is 0 Å². The zero-order valence-corrected chi connectivity index (χ0v) is 14.2. The maximum Gasteiger partial charge on any atom is 0.440 e. The van der Waals surface area contributed by atoms with Crippen LogP contribution in [0, 0.1) is 5.82 Å². The Morgan fingerprint density at radius 1 is 1.18 bits per heavy atom. The van der Waals surface area contributed by atoms with Crippen molar-refractivity contribution < 1.29 is 27.5 Å². The average molecular weight is 333 g/mol. The fraction of sp³-hybridized carbons (Fsp3) is 0.500. The standard InChI is InChI=1S/C14H21FNO5P/c1-14(2,3)21-13(17)16(22(18,19-4)20-5)10-11-6-8-12(15)9-7-11/h6-9H,10H2,1-5H3. The molecule has 1 amide bonds. The lowest BCUT2D eigenvalue weighted by Gasteiger charge is -2.30. The van der Waals surface area contributed by atoms with Gasteiger partial charge in [-0.15, -0.1) is 0 Å². The number of ether oxygens (including phenoxy) is 1. The van der Waals surface area contributed by atoms with E-state index < -0.39 is 25.3 Å². The van der Waals surface area contributed by atoms with Gasteiger partial charge in [0, 0.05) is 14.2 Å². The third kappa shape index (κ3) is 5.09. The van der Waals surface area contributed by atoms with Crippen molar-refractivity contribution in [1.82, 2.24) is 4.67 Å². The molecule has 1 rings (SSSR count). The molecule has 0 unspecified atom stereocenters. The number of halogens is 1. The lowest BCUT2D eigenvalue weighted by Crippen LogP contribution is -2.35. The van der Waals surface area contributed by atoms with Gasteiger partial charge in [0.1, 0.15) is 11.4 Å².